The van der Waals surface area contributed by atoms with Crippen LogP contribution < -0.4 is 0 Å². The van der Waals surface area contributed by atoms with Crippen LogP contribution in [0.15, 0.2) is 83.8 Å². The van der Waals surface area contributed by atoms with E-state index in [9.17, 15) is 8.42 Å². The van der Waals surface area contributed by atoms with Gasteiger partial charge < -0.3 is 4.74 Å². The molecule has 3 aromatic rings. The maximum absolute atomic E-state index is 13.7. The number of fused-ring (bicyclic) bond motifs is 1. The number of halogens is 1. The predicted molar refractivity (Wildman–Crippen MR) is 150 cm³/mol. The Bertz CT molecular complexity index is 1400. The molecule has 2 heterocycles. The predicted octanol–water partition coefficient (Wildman–Crippen LogP) is 5.67. The lowest BCUT2D eigenvalue weighted by Crippen LogP contribution is -2.67. The van der Waals surface area contributed by atoms with Crippen molar-refractivity contribution in [1.29, 1.82) is 0 Å². The van der Waals surface area contributed by atoms with Gasteiger partial charge in [-0.3, -0.25) is 4.90 Å². The lowest BCUT2D eigenvalue weighted by atomic mass is 9.74. The molecule has 0 N–H and O–H groups in total. The van der Waals surface area contributed by atoms with Crippen LogP contribution in [0.1, 0.15) is 22.6 Å². The molecule has 0 bridgehead atoms. The van der Waals surface area contributed by atoms with Crippen molar-refractivity contribution in [3.8, 4) is 11.1 Å². The zero-order chi connectivity index (χ0) is 26.2. The quantitative estimate of drug-likeness (QED) is 0.381. The molecule has 0 saturated carbocycles. The number of aryl methyl sites for hydroxylation is 1. The smallest absolute Gasteiger partial charge is 0.243 e. The molecule has 1 saturated heterocycles. The second-order valence-electron chi connectivity index (χ2n) is 9.91. The monoisotopic (exact) mass is 536 g/mol. The summed E-state index contributed by atoms with van der Waals surface area (Å²) in [7, 11) is -1.90. The number of ether oxygens (including phenoxy) is 1. The Labute approximate surface area is 225 Å². The van der Waals surface area contributed by atoms with Gasteiger partial charge in [-0.25, -0.2) is 8.42 Å². The Morgan fingerprint density at radius 2 is 1.68 bits per heavy atom. The molecule has 2 aliphatic heterocycles. The van der Waals surface area contributed by atoms with E-state index in [0.29, 0.717) is 24.6 Å². The number of rotatable bonds is 6. The van der Waals surface area contributed by atoms with Crippen LogP contribution in [-0.4, -0.2) is 63.1 Å². The van der Waals surface area contributed by atoms with Gasteiger partial charge in [0.1, 0.15) is 0 Å². The summed E-state index contributed by atoms with van der Waals surface area (Å²) in [6.07, 6.45) is 4.04. The van der Waals surface area contributed by atoms with E-state index in [1.54, 1.807) is 23.5 Å². The van der Waals surface area contributed by atoms with Crippen LogP contribution in [-0.2, 0) is 14.8 Å². The van der Waals surface area contributed by atoms with Gasteiger partial charge in [0, 0.05) is 49.8 Å². The third-order valence-electron chi connectivity index (χ3n) is 7.79. The minimum atomic E-state index is -3.63. The summed E-state index contributed by atoms with van der Waals surface area (Å²) < 4.78 is 34.6. The van der Waals surface area contributed by atoms with Gasteiger partial charge in [0.05, 0.1) is 11.5 Å². The molecule has 7 heteroatoms. The van der Waals surface area contributed by atoms with E-state index in [4.69, 9.17) is 16.3 Å². The van der Waals surface area contributed by atoms with Gasteiger partial charge in [-0.2, -0.15) is 4.31 Å². The van der Waals surface area contributed by atoms with Gasteiger partial charge in [0.25, 0.3) is 0 Å². The van der Waals surface area contributed by atoms with Crippen LogP contribution in [0.2, 0.25) is 5.02 Å². The van der Waals surface area contributed by atoms with Crippen LogP contribution in [0.25, 0.3) is 11.1 Å². The summed E-state index contributed by atoms with van der Waals surface area (Å²) in [5.41, 5.74) is 5.26. The first-order valence-corrected chi connectivity index (χ1v) is 14.5. The van der Waals surface area contributed by atoms with E-state index in [0.717, 1.165) is 33.8 Å². The maximum atomic E-state index is 13.7. The van der Waals surface area contributed by atoms with E-state index in [-0.39, 0.29) is 18.0 Å². The van der Waals surface area contributed by atoms with Crippen LogP contribution in [0, 0.1) is 13.8 Å². The van der Waals surface area contributed by atoms with Gasteiger partial charge in [0.15, 0.2) is 0 Å². The molecule has 194 valence electrons. The Morgan fingerprint density at radius 3 is 2.41 bits per heavy atom. The molecular formula is C30H33ClN2O3S. The minimum absolute atomic E-state index is 0.0580. The number of sulfonamides is 1. The lowest BCUT2D eigenvalue weighted by molar-refractivity contribution is -0.0508. The number of nitrogens with zero attached hydrogens (tertiary/aromatic N) is 2. The lowest BCUT2D eigenvalue weighted by Gasteiger charge is -2.56. The molecule has 3 atom stereocenters. The van der Waals surface area contributed by atoms with E-state index < -0.39 is 10.0 Å². The Hall–Kier alpha value is -2.48. The van der Waals surface area contributed by atoms with Gasteiger partial charge >= 0.3 is 0 Å². The van der Waals surface area contributed by atoms with Gasteiger partial charge in [-0.15, -0.1) is 0 Å². The third kappa shape index (κ3) is 4.89. The topological polar surface area (TPSA) is 49.9 Å². The highest BCUT2D eigenvalue weighted by molar-refractivity contribution is 7.89. The first-order valence-electron chi connectivity index (χ1n) is 12.6. The Kier molecular flexibility index (Phi) is 7.57. The summed E-state index contributed by atoms with van der Waals surface area (Å²) in [6, 6.07) is 22.1. The first kappa shape index (κ1) is 26.1. The second-order valence-corrected chi connectivity index (χ2v) is 12.2. The molecule has 0 amide bonds. The number of benzene rings is 3. The summed E-state index contributed by atoms with van der Waals surface area (Å²) in [5.74, 6) is 0.163. The standard InChI is InChI=1S/C30H33ClN2O3S/c1-21-9-4-5-12-29(21)37(34,35)32-17-6-7-18-33-27(19-32)30(28(33)20-36-3)24-15-13-23(14-16-24)25-10-8-11-26(31)22(25)2/h4-16,27-28,30H,17-20H2,1-3H3/b7-6-/t27-,28+,30?/m0/s1. The van der Waals surface area contributed by atoms with E-state index in [1.165, 1.54) is 5.56 Å². The zero-order valence-electron chi connectivity index (χ0n) is 21.5. The molecule has 1 unspecified atom stereocenters. The first-order chi connectivity index (χ1) is 17.8. The van der Waals surface area contributed by atoms with Crippen molar-refractivity contribution in [3.05, 3.63) is 101 Å². The fourth-order valence-corrected chi connectivity index (χ4v) is 7.58. The molecule has 2 aliphatic rings. The van der Waals surface area contributed by atoms with E-state index in [1.807, 2.05) is 44.2 Å². The normalized spacial score (nSPS) is 23.5. The summed E-state index contributed by atoms with van der Waals surface area (Å²) in [4.78, 5) is 2.75. The SMILES string of the molecule is COC[C@@H]1C(c2ccc(-c3cccc(Cl)c3C)cc2)[C@@H]2CN(S(=O)(=O)c3ccccc3C)C/C=C\CN12. The number of hydrogen-bond donors (Lipinski definition) is 0. The van der Waals surface area contributed by atoms with Crippen molar-refractivity contribution in [3.63, 3.8) is 0 Å². The van der Waals surface area contributed by atoms with Gasteiger partial charge in [-0.05, 0) is 53.8 Å². The van der Waals surface area contributed by atoms with Crippen LogP contribution in [0.5, 0.6) is 0 Å². The molecule has 37 heavy (non-hydrogen) atoms. The molecule has 0 spiro atoms. The Morgan fingerprint density at radius 1 is 0.946 bits per heavy atom. The van der Waals surface area contributed by atoms with Crippen LogP contribution >= 0.6 is 11.6 Å². The molecule has 0 radical (unpaired) electrons. The zero-order valence-corrected chi connectivity index (χ0v) is 23.0. The van der Waals surface area contributed by atoms with Crippen molar-refractivity contribution in [2.75, 3.05) is 33.4 Å². The molecular weight excluding hydrogens is 504 g/mol. The van der Waals surface area contributed by atoms with Crippen molar-refractivity contribution < 1.29 is 13.2 Å². The maximum Gasteiger partial charge on any atom is 0.243 e. The average molecular weight is 537 g/mol. The Balaban J connectivity index is 1.47. The summed E-state index contributed by atoms with van der Waals surface area (Å²) >= 11 is 6.36. The third-order valence-corrected chi connectivity index (χ3v) is 10.2. The van der Waals surface area contributed by atoms with Gasteiger partial charge in [0.2, 0.25) is 10.0 Å². The fourth-order valence-electron chi connectivity index (χ4n) is 5.77. The van der Waals surface area contributed by atoms with Crippen LogP contribution in [0.4, 0.5) is 0 Å². The van der Waals surface area contributed by atoms with E-state index in [2.05, 4.69) is 41.3 Å². The molecule has 3 aromatic carbocycles. The fraction of sp³-hybridized carbons (Fsp3) is 0.333. The summed E-state index contributed by atoms with van der Waals surface area (Å²) in [6.45, 7) is 6.07. The van der Waals surface area contributed by atoms with Crippen molar-refractivity contribution >= 4 is 21.6 Å². The van der Waals surface area contributed by atoms with Crippen molar-refractivity contribution in [2.24, 2.45) is 0 Å². The summed E-state index contributed by atoms with van der Waals surface area (Å²) in [5, 5.41) is 0.758. The molecule has 0 aliphatic carbocycles. The molecule has 0 aromatic heterocycles. The van der Waals surface area contributed by atoms with Crippen molar-refractivity contribution in [1.82, 2.24) is 9.21 Å². The number of methoxy groups -OCH3 is 1. The van der Waals surface area contributed by atoms with Crippen LogP contribution in [0.3, 0.4) is 0 Å². The minimum Gasteiger partial charge on any atom is -0.383 e. The average Bonchev–Trinajstić information content (AvgIpc) is 2.87. The highest BCUT2D eigenvalue weighted by Crippen LogP contribution is 2.43. The molecule has 1 fully saturated rings. The highest BCUT2D eigenvalue weighted by Gasteiger charge is 2.50. The van der Waals surface area contributed by atoms with Gasteiger partial charge in [-0.1, -0.05) is 78.4 Å². The largest absolute Gasteiger partial charge is 0.383 e. The van der Waals surface area contributed by atoms with Crippen molar-refractivity contribution in [2.45, 2.75) is 36.7 Å². The van der Waals surface area contributed by atoms with E-state index >= 15 is 0 Å². The number of hydrogen-bond acceptors (Lipinski definition) is 4. The molecule has 5 nitrogen and oxygen atoms in total. The highest BCUT2D eigenvalue weighted by atomic mass is 35.5. The molecule has 5 rings (SSSR count). The second kappa shape index (κ2) is 10.7.